The number of benzene rings is 9. The molecule has 2 aliphatic carbocycles. The van der Waals surface area contributed by atoms with E-state index < -0.39 is 0 Å². The Morgan fingerprint density at radius 1 is 0.379 bits per heavy atom. The van der Waals surface area contributed by atoms with Gasteiger partial charge in [0.15, 0.2) is 0 Å². The average molecular weight is 743 g/mol. The zero-order chi connectivity index (χ0) is 38.9. The zero-order valence-corrected chi connectivity index (χ0v) is 33.2. The van der Waals surface area contributed by atoms with Crippen molar-refractivity contribution in [2.75, 3.05) is 0 Å². The van der Waals surface area contributed by atoms with Gasteiger partial charge in [-0.1, -0.05) is 191 Å². The Labute approximate surface area is 339 Å². The molecule has 0 bridgehead atoms. The van der Waals surface area contributed by atoms with Crippen molar-refractivity contribution >= 4 is 43.5 Å². The lowest BCUT2D eigenvalue weighted by atomic mass is 9.78. The molecule has 1 nitrogen and oxygen atoms in total. The van der Waals surface area contributed by atoms with Crippen LogP contribution in [-0.2, 0) is 10.8 Å². The monoisotopic (exact) mass is 742 g/mol. The molecule has 12 rings (SSSR count). The van der Waals surface area contributed by atoms with Gasteiger partial charge < -0.3 is 4.42 Å². The van der Waals surface area contributed by atoms with Crippen molar-refractivity contribution in [2.24, 2.45) is 0 Å². The molecule has 1 atom stereocenters. The molecule has 1 unspecified atom stereocenters. The molecular weight excluding hydrogens is 701 g/mol. The van der Waals surface area contributed by atoms with Crippen LogP contribution in [0.5, 0.6) is 0 Å². The molecule has 0 N–H and O–H groups in total. The Balaban J connectivity index is 1.12. The molecule has 0 saturated heterocycles. The van der Waals surface area contributed by atoms with Crippen molar-refractivity contribution in [3.05, 3.63) is 215 Å². The molecule has 1 aromatic heterocycles. The minimum Gasteiger partial charge on any atom is -0.455 e. The van der Waals surface area contributed by atoms with E-state index >= 15 is 0 Å². The van der Waals surface area contributed by atoms with Crippen molar-refractivity contribution in [2.45, 2.75) is 44.4 Å². The summed E-state index contributed by atoms with van der Waals surface area (Å²) < 4.78 is 7.41. The molecule has 0 saturated carbocycles. The van der Waals surface area contributed by atoms with E-state index in [4.69, 9.17) is 4.42 Å². The first kappa shape index (κ1) is 33.4. The lowest BCUT2D eigenvalue weighted by Gasteiger charge is -2.25. The number of fused-ring (bicyclic) bond motifs is 11. The molecule has 0 aliphatic heterocycles. The van der Waals surface area contributed by atoms with Crippen molar-refractivity contribution in [3.8, 4) is 33.4 Å². The van der Waals surface area contributed by atoms with Crippen LogP contribution in [-0.4, -0.2) is 0 Å². The summed E-state index contributed by atoms with van der Waals surface area (Å²) in [6.45, 7) is 9.47. The van der Waals surface area contributed by atoms with Crippen molar-refractivity contribution in [1.82, 2.24) is 0 Å². The molecule has 0 fully saturated rings. The van der Waals surface area contributed by atoms with Crippen LogP contribution in [0.25, 0.3) is 76.9 Å². The summed E-state index contributed by atoms with van der Waals surface area (Å²) in [6, 6.07) is 65.7. The molecule has 10 aromatic rings. The van der Waals surface area contributed by atoms with Crippen LogP contribution in [0.3, 0.4) is 0 Å². The van der Waals surface area contributed by atoms with Crippen LogP contribution in [0, 0.1) is 0 Å². The van der Waals surface area contributed by atoms with E-state index in [0.29, 0.717) is 0 Å². The van der Waals surface area contributed by atoms with Crippen molar-refractivity contribution < 1.29 is 4.42 Å². The summed E-state index contributed by atoms with van der Waals surface area (Å²) in [7, 11) is 0. The van der Waals surface area contributed by atoms with Gasteiger partial charge in [0.05, 0.1) is 0 Å². The second kappa shape index (κ2) is 11.9. The standard InChI is InChI=1S/C57H42O/c1-56(2)48-22-11-9-18-41(48)43-28-26-38(32-50(43)56)52(37-25-24-34-14-5-6-15-35(34)30-37)46-21-13-20-45-47-31-36-16-7-8-17-40(36)53(55(47)58-54(45)46)39-27-29-44-42-19-10-12-23-49(42)57(3,4)51(44)33-39/h5-33,52H,1-4H3. The molecule has 276 valence electrons. The zero-order valence-electron chi connectivity index (χ0n) is 33.2. The van der Waals surface area contributed by atoms with E-state index in [1.54, 1.807) is 0 Å². The van der Waals surface area contributed by atoms with Gasteiger partial charge in [-0.2, -0.15) is 0 Å². The summed E-state index contributed by atoms with van der Waals surface area (Å²) in [5.74, 6) is -0.0594. The van der Waals surface area contributed by atoms with Gasteiger partial charge in [0.1, 0.15) is 11.2 Å². The van der Waals surface area contributed by atoms with Crippen molar-refractivity contribution in [3.63, 3.8) is 0 Å². The number of rotatable bonds is 4. The quantitative estimate of drug-likeness (QED) is 0.164. The summed E-state index contributed by atoms with van der Waals surface area (Å²) in [5.41, 5.74) is 18.6. The van der Waals surface area contributed by atoms with E-state index in [0.717, 1.165) is 27.5 Å². The first-order valence-electron chi connectivity index (χ1n) is 20.6. The first-order chi connectivity index (χ1) is 28.3. The highest BCUT2D eigenvalue weighted by molar-refractivity contribution is 6.19. The van der Waals surface area contributed by atoms with Crippen molar-refractivity contribution in [1.29, 1.82) is 0 Å². The van der Waals surface area contributed by atoms with Crippen LogP contribution in [0.15, 0.2) is 180 Å². The number of furan rings is 1. The lowest BCUT2D eigenvalue weighted by Crippen LogP contribution is -2.15. The third kappa shape index (κ3) is 4.59. The van der Waals surface area contributed by atoms with E-state index in [1.807, 2.05) is 0 Å². The molecule has 9 aromatic carbocycles. The lowest BCUT2D eigenvalue weighted by molar-refractivity contribution is 0.656. The normalized spacial score (nSPS) is 15.1. The average Bonchev–Trinajstić information content (AvgIpc) is 3.82. The Morgan fingerprint density at radius 3 is 1.71 bits per heavy atom. The third-order valence-corrected chi connectivity index (χ3v) is 13.8. The second-order valence-corrected chi connectivity index (χ2v) is 17.6. The third-order valence-electron chi connectivity index (χ3n) is 13.8. The highest BCUT2D eigenvalue weighted by atomic mass is 16.3. The van der Waals surface area contributed by atoms with Crippen LogP contribution < -0.4 is 0 Å². The molecule has 0 amide bonds. The maximum Gasteiger partial charge on any atom is 0.143 e. The fourth-order valence-corrected chi connectivity index (χ4v) is 10.8. The van der Waals surface area contributed by atoms with Gasteiger partial charge in [0.25, 0.3) is 0 Å². The van der Waals surface area contributed by atoms with Crippen LogP contribution >= 0.6 is 0 Å². The van der Waals surface area contributed by atoms with E-state index in [2.05, 4.69) is 204 Å². The Kier molecular flexibility index (Phi) is 6.87. The molecule has 2 aliphatic rings. The maximum atomic E-state index is 7.41. The number of hydrogen-bond acceptors (Lipinski definition) is 1. The Morgan fingerprint density at radius 2 is 0.948 bits per heavy atom. The van der Waals surface area contributed by atoms with Gasteiger partial charge >= 0.3 is 0 Å². The smallest absolute Gasteiger partial charge is 0.143 e. The largest absolute Gasteiger partial charge is 0.455 e. The van der Waals surface area contributed by atoms with Gasteiger partial charge in [0.2, 0.25) is 0 Å². The fourth-order valence-electron chi connectivity index (χ4n) is 10.8. The minimum atomic E-state index is -0.109. The predicted octanol–water partition coefficient (Wildman–Crippen LogP) is 15.4. The molecule has 0 spiro atoms. The molecule has 0 radical (unpaired) electrons. The highest BCUT2D eigenvalue weighted by Gasteiger charge is 2.37. The van der Waals surface area contributed by atoms with Crippen LogP contribution in [0.1, 0.15) is 72.6 Å². The van der Waals surface area contributed by atoms with Crippen LogP contribution in [0.2, 0.25) is 0 Å². The van der Waals surface area contributed by atoms with Gasteiger partial charge in [-0.25, -0.2) is 0 Å². The summed E-state index contributed by atoms with van der Waals surface area (Å²) in [6.07, 6.45) is 0. The summed E-state index contributed by atoms with van der Waals surface area (Å²) >= 11 is 0. The highest BCUT2D eigenvalue weighted by Crippen LogP contribution is 2.53. The van der Waals surface area contributed by atoms with Gasteiger partial charge in [-0.3, -0.25) is 0 Å². The van der Waals surface area contributed by atoms with Gasteiger partial charge in [-0.05, 0) is 94.9 Å². The molecular formula is C57H42O. The molecule has 58 heavy (non-hydrogen) atoms. The SMILES string of the molecule is CC1(C)c2ccccc2-c2ccc(-c3c4ccccc4cc4c3oc3c(C(c5ccc6c(c5)C(C)(C)c5ccccc5-6)c5ccc6ccccc6c5)cccc34)cc21. The van der Waals surface area contributed by atoms with Crippen LogP contribution in [0.4, 0.5) is 0 Å². The topological polar surface area (TPSA) is 13.1 Å². The molecule has 1 heterocycles. The van der Waals surface area contributed by atoms with E-state index in [9.17, 15) is 0 Å². The summed E-state index contributed by atoms with van der Waals surface area (Å²) in [4.78, 5) is 0. The maximum absolute atomic E-state index is 7.41. The molecule has 1 heteroatoms. The van der Waals surface area contributed by atoms with Gasteiger partial charge in [0, 0.05) is 38.6 Å². The number of para-hydroxylation sites is 1. The Bertz CT molecular complexity index is 3350. The second-order valence-electron chi connectivity index (χ2n) is 17.6. The van der Waals surface area contributed by atoms with E-state index in [1.165, 1.54) is 88.3 Å². The van der Waals surface area contributed by atoms with Gasteiger partial charge in [-0.15, -0.1) is 0 Å². The first-order valence-corrected chi connectivity index (χ1v) is 20.6. The number of hydrogen-bond donors (Lipinski definition) is 0. The minimum absolute atomic E-state index is 0.0594. The van der Waals surface area contributed by atoms with E-state index in [-0.39, 0.29) is 16.7 Å². The fraction of sp³-hybridized carbons (Fsp3) is 0.123. The predicted molar refractivity (Wildman–Crippen MR) is 243 cm³/mol. The summed E-state index contributed by atoms with van der Waals surface area (Å²) in [5, 5.41) is 7.20. The Hall–Kier alpha value is -6.70.